The quantitative estimate of drug-likeness (QED) is 0.817. The van der Waals surface area contributed by atoms with Crippen molar-refractivity contribution in [1.82, 2.24) is 4.57 Å². The molecule has 0 aliphatic heterocycles. The second-order valence-corrected chi connectivity index (χ2v) is 3.92. The molecule has 0 aliphatic rings. The van der Waals surface area contributed by atoms with Gasteiger partial charge in [-0.3, -0.25) is 4.99 Å². The van der Waals surface area contributed by atoms with E-state index in [1.54, 1.807) is 11.6 Å². The molecular weight excluding hydrogens is 256 g/mol. The fraction of sp³-hybridized carbons (Fsp3) is 0.429. The third-order valence-corrected chi connectivity index (χ3v) is 3.44. The van der Waals surface area contributed by atoms with Crippen LogP contribution in [0.4, 0.5) is 0 Å². The highest BCUT2D eigenvalue weighted by Crippen LogP contribution is 2.14. The average molecular weight is 265 g/mol. The van der Waals surface area contributed by atoms with E-state index in [2.05, 4.69) is 20.9 Å². The summed E-state index contributed by atoms with van der Waals surface area (Å²) in [4.78, 5) is 15.8. The van der Waals surface area contributed by atoms with Crippen molar-refractivity contribution in [3.8, 4) is 0 Å². The zero-order valence-corrected chi connectivity index (χ0v) is 9.65. The summed E-state index contributed by atoms with van der Waals surface area (Å²) in [6, 6.07) is 0. The van der Waals surface area contributed by atoms with Crippen LogP contribution in [0.5, 0.6) is 0 Å². The molecule has 13 heavy (non-hydrogen) atoms. The summed E-state index contributed by atoms with van der Waals surface area (Å²) in [5.41, 5.74) is 0.748. The van der Waals surface area contributed by atoms with Gasteiger partial charge in [-0.2, -0.15) is 0 Å². The van der Waals surface area contributed by atoms with E-state index in [9.17, 15) is 4.79 Å². The Bertz CT molecular complexity index is 394. The Hall–Kier alpha value is -0.620. The van der Waals surface area contributed by atoms with Crippen LogP contribution in [0.15, 0.2) is 4.99 Å². The zero-order chi connectivity index (χ0) is 10.0. The zero-order valence-electron chi connectivity index (χ0n) is 7.24. The number of alkyl halides is 1. The molecule has 0 atom stereocenters. The summed E-state index contributed by atoms with van der Waals surface area (Å²) in [7, 11) is 3.46. The van der Waals surface area contributed by atoms with Gasteiger partial charge in [-0.1, -0.05) is 27.3 Å². The van der Waals surface area contributed by atoms with E-state index >= 15 is 0 Å². The van der Waals surface area contributed by atoms with Crippen LogP contribution in [-0.4, -0.2) is 22.7 Å². The largest absolute Gasteiger partial charge is 0.477 e. The minimum atomic E-state index is -0.898. The van der Waals surface area contributed by atoms with Crippen molar-refractivity contribution in [2.75, 3.05) is 7.05 Å². The predicted octanol–water partition coefficient (Wildman–Crippen LogP) is 1.21. The summed E-state index contributed by atoms with van der Waals surface area (Å²) in [6.07, 6.45) is 0. The molecule has 0 amide bonds. The Balaban J connectivity index is 3.45. The van der Waals surface area contributed by atoms with E-state index in [1.807, 2.05) is 7.05 Å². The summed E-state index contributed by atoms with van der Waals surface area (Å²) in [5, 5.41) is 9.39. The number of aromatic nitrogens is 1. The third kappa shape index (κ3) is 1.83. The van der Waals surface area contributed by atoms with Gasteiger partial charge in [-0.15, -0.1) is 0 Å². The van der Waals surface area contributed by atoms with E-state index in [-0.39, 0.29) is 0 Å². The first-order valence-corrected chi connectivity index (χ1v) is 5.46. The maximum Gasteiger partial charge on any atom is 0.347 e. The lowest BCUT2D eigenvalue weighted by atomic mass is 10.4. The van der Waals surface area contributed by atoms with Crippen LogP contribution in [-0.2, 0) is 12.4 Å². The molecule has 1 N–H and O–H groups in total. The van der Waals surface area contributed by atoms with Gasteiger partial charge in [0.2, 0.25) is 0 Å². The maximum atomic E-state index is 10.8. The van der Waals surface area contributed by atoms with Crippen LogP contribution in [0.2, 0.25) is 0 Å². The average Bonchev–Trinajstić information content (AvgIpc) is 2.42. The number of hydrogen-bond donors (Lipinski definition) is 1. The van der Waals surface area contributed by atoms with Crippen molar-refractivity contribution in [2.45, 2.75) is 5.33 Å². The standard InChI is InChI=1S/C7H9BrN2O2S/c1-9-7-10(2)4(3-8)5(13-7)6(11)12/h3H2,1-2H3,(H,11,12). The predicted molar refractivity (Wildman–Crippen MR) is 54.4 cm³/mol. The molecule has 72 valence electrons. The fourth-order valence-corrected chi connectivity index (χ4v) is 2.78. The van der Waals surface area contributed by atoms with Crippen LogP contribution in [0, 0.1) is 0 Å². The van der Waals surface area contributed by atoms with Gasteiger partial charge in [0.1, 0.15) is 4.88 Å². The number of thiazole rings is 1. The van der Waals surface area contributed by atoms with E-state index in [4.69, 9.17) is 5.11 Å². The Morgan fingerprint density at radius 3 is 2.69 bits per heavy atom. The molecule has 0 aliphatic carbocycles. The molecule has 0 spiro atoms. The van der Waals surface area contributed by atoms with Crippen molar-refractivity contribution in [2.24, 2.45) is 12.0 Å². The lowest BCUT2D eigenvalue weighted by Crippen LogP contribution is -2.12. The smallest absolute Gasteiger partial charge is 0.347 e. The molecule has 4 nitrogen and oxygen atoms in total. The summed E-state index contributed by atoms with van der Waals surface area (Å²) < 4.78 is 1.78. The van der Waals surface area contributed by atoms with E-state index in [0.29, 0.717) is 15.0 Å². The number of nitrogens with zero attached hydrogens (tertiary/aromatic N) is 2. The molecule has 0 radical (unpaired) electrons. The van der Waals surface area contributed by atoms with Gasteiger partial charge in [0.15, 0.2) is 4.80 Å². The van der Waals surface area contributed by atoms with E-state index < -0.39 is 5.97 Å². The molecule has 0 bridgehead atoms. The lowest BCUT2D eigenvalue weighted by molar-refractivity contribution is 0.0700. The number of hydrogen-bond acceptors (Lipinski definition) is 3. The highest BCUT2D eigenvalue weighted by molar-refractivity contribution is 9.08. The van der Waals surface area contributed by atoms with Crippen LogP contribution in [0.1, 0.15) is 15.4 Å². The van der Waals surface area contributed by atoms with Gasteiger partial charge in [-0.25, -0.2) is 4.79 Å². The molecule has 0 aromatic carbocycles. The minimum Gasteiger partial charge on any atom is -0.477 e. The van der Waals surface area contributed by atoms with Gasteiger partial charge in [-0.05, 0) is 0 Å². The first-order valence-electron chi connectivity index (χ1n) is 3.52. The fourth-order valence-electron chi connectivity index (χ4n) is 0.999. The Morgan fingerprint density at radius 1 is 1.77 bits per heavy atom. The molecule has 0 unspecified atom stereocenters. The lowest BCUT2D eigenvalue weighted by Gasteiger charge is -1.97. The second kappa shape index (κ2) is 4.06. The summed E-state index contributed by atoms with van der Waals surface area (Å²) >= 11 is 4.44. The van der Waals surface area contributed by atoms with Crippen molar-refractivity contribution in [3.05, 3.63) is 15.4 Å². The molecule has 1 aromatic heterocycles. The second-order valence-electron chi connectivity index (χ2n) is 2.38. The van der Waals surface area contributed by atoms with Gasteiger partial charge in [0.25, 0.3) is 0 Å². The third-order valence-electron chi connectivity index (χ3n) is 1.66. The minimum absolute atomic E-state index is 0.347. The first-order chi connectivity index (χ1) is 6.11. The number of halogens is 1. The number of rotatable bonds is 2. The van der Waals surface area contributed by atoms with Crippen LogP contribution >= 0.6 is 27.3 Å². The maximum absolute atomic E-state index is 10.8. The van der Waals surface area contributed by atoms with Gasteiger partial charge < -0.3 is 9.67 Å². The van der Waals surface area contributed by atoms with Crippen molar-refractivity contribution >= 4 is 33.2 Å². The number of carboxylic acid groups (broad SMARTS) is 1. The highest BCUT2D eigenvalue weighted by Gasteiger charge is 2.15. The normalized spacial score (nSPS) is 12.1. The molecule has 6 heteroatoms. The van der Waals surface area contributed by atoms with Crippen molar-refractivity contribution in [3.63, 3.8) is 0 Å². The molecular formula is C7H9BrN2O2S. The summed E-state index contributed by atoms with van der Waals surface area (Å²) in [5.74, 6) is -0.898. The number of carboxylic acids is 1. The topological polar surface area (TPSA) is 54.6 Å². The summed E-state index contributed by atoms with van der Waals surface area (Å²) in [6.45, 7) is 0. The molecule has 1 heterocycles. The molecule has 0 saturated heterocycles. The Morgan fingerprint density at radius 2 is 2.38 bits per heavy atom. The van der Waals surface area contributed by atoms with Crippen molar-refractivity contribution < 1.29 is 9.90 Å². The van der Waals surface area contributed by atoms with Crippen LogP contribution < -0.4 is 4.80 Å². The Labute approximate surface area is 87.7 Å². The van der Waals surface area contributed by atoms with Gasteiger partial charge in [0.05, 0.1) is 5.69 Å². The van der Waals surface area contributed by atoms with Gasteiger partial charge >= 0.3 is 5.97 Å². The van der Waals surface area contributed by atoms with Crippen LogP contribution in [0.25, 0.3) is 0 Å². The monoisotopic (exact) mass is 264 g/mol. The van der Waals surface area contributed by atoms with E-state index in [1.165, 1.54) is 11.3 Å². The molecule has 0 fully saturated rings. The molecule has 1 rings (SSSR count). The number of aromatic carboxylic acids is 1. The molecule has 1 aromatic rings. The highest BCUT2D eigenvalue weighted by atomic mass is 79.9. The van der Waals surface area contributed by atoms with Crippen molar-refractivity contribution in [1.29, 1.82) is 0 Å². The number of carbonyl (C=O) groups is 1. The SMILES string of the molecule is CN=c1sc(C(=O)O)c(CBr)n1C. The van der Waals surface area contributed by atoms with E-state index in [0.717, 1.165) is 5.69 Å². The van der Waals surface area contributed by atoms with Gasteiger partial charge in [0, 0.05) is 19.4 Å². The Kier molecular flexibility index (Phi) is 3.27. The molecule has 0 saturated carbocycles. The first kappa shape index (κ1) is 10.5. The van der Waals surface area contributed by atoms with Crippen LogP contribution in [0.3, 0.4) is 0 Å².